The molecule has 6 aromatic rings. The minimum absolute atomic E-state index is 0.0825. The van der Waals surface area contributed by atoms with Crippen molar-refractivity contribution in [3.05, 3.63) is 106 Å². The summed E-state index contributed by atoms with van der Waals surface area (Å²) in [5, 5.41) is 13.7. The van der Waals surface area contributed by atoms with Crippen LogP contribution in [0.5, 0.6) is 0 Å². The minimum Gasteiger partial charge on any atom is -0.380 e. The Bertz CT molecular complexity index is 2890. The minimum atomic E-state index is -3.49. The number of imide groups is 1. The van der Waals surface area contributed by atoms with E-state index in [0.29, 0.717) is 59.6 Å². The van der Waals surface area contributed by atoms with Crippen molar-refractivity contribution in [3.63, 3.8) is 0 Å². The average Bonchev–Trinajstić information content (AvgIpc) is 3.53. The molecule has 0 spiro atoms. The summed E-state index contributed by atoms with van der Waals surface area (Å²) in [6, 6.07) is 21.3. The lowest BCUT2D eigenvalue weighted by molar-refractivity contribution is -0.135. The fraction of sp³-hybridized carbons (Fsp3) is 0.378. The maximum absolute atomic E-state index is 13.1. The quantitative estimate of drug-likeness (QED) is 0.112. The molecule has 2 aromatic carbocycles. The number of nitrogens with zero attached hydrogens (tertiary/aromatic N) is 8. The summed E-state index contributed by atoms with van der Waals surface area (Å²) in [6.07, 6.45) is 3.80. The molecule has 2 N–H and O–H groups in total. The van der Waals surface area contributed by atoms with E-state index < -0.39 is 27.7 Å². The summed E-state index contributed by atoms with van der Waals surface area (Å²) in [7, 11) is -1.79. The van der Waals surface area contributed by atoms with Crippen molar-refractivity contribution in [3.8, 4) is 11.4 Å². The maximum atomic E-state index is 13.1. The highest BCUT2D eigenvalue weighted by atomic mass is 32.2. The zero-order valence-electron chi connectivity index (χ0n) is 35.5. The number of carbonyl (C=O) groups is 3. The van der Waals surface area contributed by atoms with Crippen molar-refractivity contribution in [1.29, 1.82) is 0 Å². The first-order valence-electron chi connectivity index (χ1n) is 21.2. The highest BCUT2D eigenvalue weighted by molar-refractivity contribution is 7.90. The second-order valence-corrected chi connectivity index (χ2v) is 18.0. The molecule has 1 unspecified atom stereocenters. The predicted molar refractivity (Wildman–Crippen MR) is 237 cm³/mol. The summed E-state index contributed by atoms with van der Waals surface area (Å²) in [5.74, 6) is -0.296. The maximum Gasteiger partial charge on any atom is 0.329 e. The van der Waals surface area contributed by atoms with Gasteiger partial charge in [0.15, 0.2) is 9.84 Å². The summed E-state index contributed by atoms with van der Waals surface area (Å²) < 4.78 is 33.7. The van der Waals surface area contributed by atoms with Crippen LogP contribution in [0.1, 0.15) is 59.4 Å². The van der Waals surface area contributed by atoms with E-state index in [2.05, 4.69) is 30.6 Å². The van der Waals surface area contributed by atoms with Crippen molar-refractivity contribution in [1.82, 2.24) is 44.8 Å². The van der Waals surface area contributed by atoms with Crippen LogP contribution in [-0.2, 0) is 50.6 Å². The molecule has 8 rings (SSSR count). The lowest BCUT2D eigenvalue weighted by Crippen LogP contribution is -2.47. The molecule has 4 aromatic heterocycles. The summed E-state index contributed by atoms with van der Waals surface area (Å²) in [4.78, 5) is 64.8. The van der Waals surface area contributed by atoms with Crippen LogP contribution in [0.15, 0.2) is 82.5 Å². The average molecular weight is 875 g/mol. The van der Waals surface area contributed by atoms with Crippen LogP contribution in [0.2, 0.25) is 0 Å². The normalized spacial score (nSPS) is 16.2. The Balaban J connectivity index is 0.796. The smallest absolute Gasteiger partial charge is 0.329 e. The predicted octanol–water partition coefficient (Wildman–Crippen LogP) is 3.39. The number of anilines is 1. The lowest BCUT2D eigenvalue weighted by atomic mass is 10.1. The Labute approximate surface area is 364 Å². The second kappa shape index (κ2) is 18.5. The van der Waals surface area contributed by atoms with E-state index in [1.807, 2.05) is 55.5 Å². The fourth-order valence-corrected chi connectivity index (χ4v) is 9.24. The van der Waals surface area contributed by atoms with E-state index in [-0.39, 0.29) is 35.0 Å². The van der Waals surface area contributed by atoms with E-state index in [0.717, 1.165) is 74.4 Å². The van der Waals surface area contributed by atoms with Crippen LogP contribution in [0.4, 0.5) is 5.82 Å². The number of aryl methyl sites for hydroxylation is 3. The van der Waals surface area contributed by atoms with Crippen LogP contribution >= 0.6 is 0 Å². The summed E-state index contributed by atoms with van der Waals surface area (Å²) in [5.41, 5.74) is 6.28. The van der Waals surface area contributed by atoms with Gasteiger partial charge in [0.25, 0.3) is 5.91 Å². The van der Waals surface area contributed by atoms with Crippen molar-refractivity contribution < 1.29 is 27.5 Å². The molecule has 328 valence electrons. The number of piperazine rings is 1. The second-order valence-electron chi connectivity index (χ2n) is 16.0. The fourth-order valence-electron chi connectivity index (χ4n) is 8.21. The monoisotopic (exact) mass is 874 g/mol. The van der Waals surface area contributed by atoms with Gasteiger partial charge in [-0.25, -0.2) is 23.2 Å². The number of carbonyl (C=O) groups excluding carboxylic acids is 3. The topological polar surface area (TPSA) is 204 Å². The number of rotatable bonds is 15. The highest BCUT2D eigenvalue weighted by Gasteiger charge is 2.31. The van der Waals surface area contributed by atoms with Gasteiger partial charge in [-0.1, -0.05) is 25.1 Å². The van der Waals surface area contributed by atoms with Crippen LogP contribution in [0, 0.1) is 0 Å². The van der Waals surface area contributed by atoms with Crippen molar-refractivity contribution in [2.45, 2.75) is 56.5 Å². The molecular weight excluding hydrogens is 825 g/mol. The molecule has 6 heterocycles. The molecule has 0 saturated carbocycles. The van der Waals surface area contributed by atoms with Gasteiger partial charge in [-0.05, 0) is 91.4 Å². The number of pyridine rings is 2. The first kappa shape index (κ1) is 43.3. The number of fused-ring (bicyclic) bond motifs is 2. The van der Waals surface area contributed by atoms with Gasteiger partial charge in [0.05, 0.1) is 51.7 Å². The number of sulfone groups is 1. The van der Waals surface area contributed by atoms with E-state index >= 15 is 0 Å². The molecule has 2 saturated heterocycles. The van der Waals surface area contributed by atoms with Crippen LogP contribution in [0.3, 0.4) is 0 Å². The number of ether oxygens (including phenoxy) is 1. The van der Waals surface area contributed by atoms with Crippen LogP contribution in [0.25, 0.3) is 33.5 Å². The van der Waals surface area contributed by atoms with Gasteiger partial charge < -0.3 is 15.0 Å². The number of imidazole rings is 1. The SMILES string of the molecule is CCc1ccc(C(=O)NCc2cc3nc(-c4cccc(N5CCN(CCOCCCc6ccc7c(c6)n(C)c(=O)n7C6CCC(=O)NC6=O)CC5)n4)ccc3nn2)cc1S(C)(=O)=O. The number of hydrogen-bond donors (Lipinski definition) is 2. The van der Waals surface area contributed by atoms with Crippen molar-refractivity contribution >= 4 is 55.4 Å². The molecule has 2 aliphatic heterocycles. The largest absolute Gasteiger partial charge is 0.380 e. The molecule has 2 fully saturated rings. The molecule has 3 amide bonds. The van der Waals surface area contributed by atoms with Gasteiger partial charge in [-0.15, -0.1) is 5.10 Å². The number of nitrogens with one attached hydrogen (secondary N) is 2. The summed E-state index contributed by atoms with van der Waals surface area (Å²) >= 11 is 0. The molecule has 0 bridgehead atoms. The third-order valence-corrected chi connectivity index (χ3v) is 12.9. The van der Waals surface area contributed by atoms with Crippen LogP contribution < -0.4 is 21.2 Å². The Morgan fingerprint density at radius 1 is 0.889 bits per heavy atom. The number of aromatic nitrogens is 6. The third kappa shape index (κ3) is 9.67. The number of hydrogen-bond acceptors (Lipinski definition) is 13. The van der Waals surface area contributed by atoms with E-state index in [1.54, 1.807) is 29.8 Å². The van der Waals surface area contributed by atoms with E-state index in [1.165, 1.54) is 10.6 Å². The van der Waals surface area contributed by atoms with Gasteiger partial charge in [0.1, 0.15) is 17.4 Å². The molecule has 0 radical (unpaired) electrons. The first-order valence-corrected chi connectivity index (χ1v) is 23.1. The summed E-state index contributed by atoms with van der Waals surface area (Å²) in [6.45, 7) is 7.41. The molecule has 2 aliphatic rings. The first-order chi connectivity index (χ1) is 30.4. The van der Waals surface area contributed by atoms with E-state index in [9.17, 15) is 27.6 Å². The van der Waals surface area contributed by atoms with Crippen molar-refractivity contribution in [2.75, 3.05) is 57.1 Å². The number of piperidine rings is 1. The number of amides is 3. The third-order valence-electron chi connectivity index (χ3n) is 11.7. The molecule has 17 nitrogen and oxygen atoms in total. The zero-order chi connectivity index (χ0) is 44.3. The molecular formula is C45H50N10O7S. The Hall–Kier alpha value is -6.37. The Morgan fingerprint density at radius 2 is 1.70 bits per heavy atom. The molecule has 63 heavy (non-hydrogen) atoms. The van der Waals surface area contributed by atoms with E-state index in [4.69, 9.17) is 14.7 Å². The Kier molecular flexibility index (Phi) is 12.7. The van der Waals surface area contributed by atoms with Gasteiger partial charge in [0.2, 0.25) is 11.8 Å². The van der Waals surface area contributed by atoms with Gasteiger partial charge in [-0.2, -0.15) is 5.10 Å². The molecule has 18 heteroatoms. The van der Waals surface area contributed by atoms with Crippen LogP contribution in [-0.4, -0.2) is 113 Å². The van der Waals surface area contributed by atoms with Crippen molar-refractivity contribution in [2.24, 2.45) is 7.05 Å². The Morgan fingerprint density at radius 3 is 2.48 bits per heavy atom. The highest BCUT2D eigenvalue weighted by Crippen LogP contribution is 2.26. The molecule has 1 atom stereocenters. The van der Waals surface area contributed by atoms with Gasteiger partial charge >= 0.3 is 5.69 Å². The lowest BCUT2D eigenvalue weighted by Gasteiger charge is -2.35. The van der Waals surface area contributed by atoms with Gasteiger partial charge in [-0.3, -0.25) is 33.7 Å². The van der Waals surface area contributed by atoms with Gasteiger partial charge in [0, 0.05) is 64.6 Å². The zero-order valence-corrected chi connectivity index (χ0v) is 36.4. The molecule has 0 aliphatic carbocycles. The standard InChI is InChI=1S/C45H50N10O7S/c1-4-30-11-12-31(26-40(30)63(3,60)61)43(57)46-28-32-27-36-35(51-50-32)14-13-34(47-36)33-8-5-9-41(48-33)54-20-18-53(19-21-54)22-24-62-23-6-7-29-10-15-37-39(25-29)52(2)45(59)55(37)38-16-17-42(56)49-44(38)58/h5,8-15,25-27,38H,4,6-7,16-24,28H2,1-3H3,(H,46,57)(H,49,56,58). The number of benzene rings is 2.